The fourth-order valence-electron chi connectivity index (χ4n) is 4.08. The third-order valence-corrected chi connectivity index (χ3v) is 5.37. The van der Waals surface area contributed by atoms with Gasteiger partial charge >= 0.3 is 6.61 Å². The van der Waals surface area contributed by atoms with E-state index in [1.165, 1.54) is 6.07 Å². The Labute approximate surface area is 170 Å². The zero-order chi connectivity index (χ0) is 20.7. The van der Waals surface area contributed by atoms with Gasteiger partial charge in [-0.05, 0) is 29.8 Å². The van der Waals surface area contributed by atoms with Crippen LogP contribution in [0.15, 0.2) is 59.4 Å². The first-order valence-electron chi connectivity index (χ1n) is 9.52. The zero-order valence-corrected chi connectivity index (χ0v) is 15.8. The minimum Gasteiger partial charge on any atom is -0.452 e. The summed E-state index contributed by atoms with van der Waals surface area (Å²) in [6, 6.07) is 10.5. The average Bonchev–Trinajstić information content (AvgIpc) is 3.30. The van der Waals surface area contributed by atoms with Crippen LogP contribution in [0, 0.1) is 0 Å². The predicted octanol–water partition coefficient (Wildman–Crippen LogP) is 4.49. The molecule has 0 aliphatic carbocycles. The normalized spacial score (nSPS) is 16.8. The molecule has 0 bridgehead atoms. The van der Waals surface area contributed by atoms with E-state index in [0.29, 0.717) is 35.9 Å². The fraction of sp³-hybridized carbons (Fsp3) is 0.227. The van der Waals surface area contributed by atoms with Gasteiger partial charge in [-0.1, -0.05) is 12.1 Å². The van der Waals surface area contributed by atoms with E-state index in [1.807, 2.05) is 18.2 Å². The maximum Gasteiger partial charge on any atom is 0.387 e. The maximum absolute atomic E-state index is 12.9. The van der Waals surface area contributed by atoms with Crippen LogP contribution in [0.1, 0.15) is 23.6 Å². The highest BCUT2D eigenvalue weighted by Crippen LogP contribution is 2.42. The van der Waals surface area contributed by atoms with E-state index in [1.54, 1.807) is 35.6 Å². The smallest absolute Gasteiger partial charge is 0.387 e. The van der Waals surface area contributed by atoms with Crippen molar-refractivity contribution in [2.75, 3.05) is 6.54 Å². The van der Waals surface area contributed by atoms with Gasteiger partial charge in [0.1, 0.15) is 5.58 Å². The summed E-state index contributed by atoms with van der Waals surface area (Å²) in [6.45, 7) is -2.03. The summed E-state index contributed by atoms with van der Waals surface area (Å²) >= 11 is 0. The minimum atomic E-state index is -2.97. The first-order chi connectivity index (χ1) is 14.6. The Morgan fingerprint density at radius 2 is 2.10 bits per heavy atom. The number of carbonyl (C=O) groups is 1. The van der Waals surface area contributed by atoms with Gasteiger partial charge in [-0.2, -0.15) is 8.78 Å². The molecule has 6 nitrogen and oxygen atoms in total. The molecule has 30 heavy (non-hydrogen) atoms. The largest absolute Gasteiger partial charge is 0.452 e. The van der Waals surface area contributed by atoms with Gasteiger partial charge in [-0.3, -0.25) is 14.8 Å². The quantitative estimate of drug-likeness (QED) is 0.486. The average molecular weight is 409 g/mol. The van der Waals surface area contributed by atoms with Crippen LogP contribution >= 0.6 is 0 Å². The Morgan fingerprint density at radius 3 is 2.90 bits per heavy atom. The number of benzene rings is 1. The molecular formula is C22H17F2N3O3. The number of amides is 1. The van der Waals surface area contributed by atoms with E-state index >= 15 is 0 Å². The lowest BCUT2D eigenvalue weighted by molar-refractivity contribution is -0.128. The number of carbonyl (C=O) groups excluding carboxylic acids is 1. The van der Waals surface area contributed by atoms with Gasteiger partial charge in [0.25, 0.3) is 0 Å². The van der Waals surface area contributed by atoms with E-state index in [0.717, 1.165) is 11.3 Å². The Kier molecular flexibility index (Phi) is 4.54. The van der Waals surface area contributed by atoms with Crippen molar-refractivity contribution in [3.8, 4) is 5.75 Å². The summed E-state index contributed by atoms with van der Waals surface area (Å²) in [5, 5.41) is 1.37. The van der Waals surface area contributed by atoms with Crippen LogP contribution < -0.4 is 4.74 Å². The number of furan rings is 1. The molecule has 1 atom stereocenters. The molecule has 1 aliphatic heterocycles. The number of fused-ring (bicyclic) bond motifs is 3. The van der Waals surface area contributed by atoms with Gasteiger partial charge in [-0.25, -0.2) is 0 Å². The number of likely N-dealkylation sites (tertiary alicyclic amines) is 1. The summed E-state index contributed by atoms with van der Waals surface area (Å²) in [5.74, 6) is -0.113. The summed E-state index contributed by atoms with van der Waals surface area (Å²) in [6.07, 6.45) is 5.23. The number of aromatic nitrogens is 2. The molecule has 5 rings (SSSR count). The molecule has 1 saturated heterocycles. The molecule has 8 heteroatoms. The van der Waals surface area contributed by atoms with Crippen LogP contribution in [0.4, 0.5) is 8.78 Å². The second-order valence-electron chi connectivity index (χ2n) is 7.21. The Balaban J connectivity index is 1.55. The predicted molar refractivity (Wildman–Crippen MR) is 105 cm³/mol. The SMILES string of the molecule is O=C1CC(c2ccc(OC(F)F)c3oc4ccncc4c23)CN1Cc1ccccn1. The molecule has 0 spiro atoms. The van der Waals surface area contributed by atoms with Gasteiger partial charge in [-0.15, -0.1) is 0 Å². The van der Waals surface area contributed by atoms with Crippen molar-refractivity contribution in [3.63, 3.8) is 0 Å². The second-order valence-corrected chi connectivity index (χ2v) is 7.21. The standard InChI is InChI=1S/C22H17F2N3O3/c23-22(24)30-18-5-4-15(20-16-10-25-8-6-17(16)29-21(18)20)13-9-19(28)27(11-13)12-14-3-1-2-7-26-14/h1-8,10,13,22H,9,11-12H2. The minimum absolute atomic E-state index is 0.0256. The summed E-state index contributed by atoms with van der Waals surface area (Å²) in [5.41, 5.74) is 2.44. The van der Waals surface area contributed by atoms with Crippen LogP contribution in [-0.4, -0.2) is 33.9 Å². The second kappa shape index (κ2) is 7.37. The van der Waals surface area contributed by atoms with Crippen molar-refractivity contribution in [2.45, 2.75) is 25.5 Å². The van der Waals surface area contributed by atoms with Gasteiger partial charge in [0.05, 0.1) is 12.2 Å². The monoisotopic (exact) mass is 409 g/mol. The summed E-state index contributed by atoms with van der Waals surface area (Å²) in [7, 11) is 0. The van der Waals surface area contributed by atoms with Gasteiger partial charge in [0.2, 0.25) is 5.91 Å². The molecule has 0 N–H and O–H groups in total. The number of hydrogen-bond acceptors (Lipinski definition) is 5. The highest BCUT2D eigenvalue weighted by Gasteiger charge is 2.33. The number of pyridine rings is 2. The van der Waals surface area contributed by atoms with Crippen molar-refractivity contribution in [1.29, 1.82) is 0 Å². The number of rotatable bonds is 5. The molecule has 4 heterocycles. The lowest BCUT2D eigenvalue weighted by Crippen LogP contribution is -2.24. The number of nitrogens with zero attached hydrogens (tertiary/aromatic N) is 3. The first kappa shape index (κ1) is 18.5. The van der Waals surface area contributed by atoms with Gasteiger partial charge < -0.3 is 14.1 Å². The Bertz CT molecular complexity index is 1230. The molecular weight excluding hydrogens is 392 g/mol. The van der Waals surface area contributed by atoms with E-state index in [-0.39, 0.29) is 23.2 Å². The zero-order valence-electron chi connectivity index (χ0n) is 15.8. The number of halogens is 2. The van der Waals surface area contributed by atoms with Crippen LogP contribution in [0.5, 0.6) is 5.75 Å². The highest BCUT2D eigenvalue weighted by molar-refractivity contribution is 6.08. The van der Waals surface area contributed by atoms with E-state index < -0.39 is 6.61 Å². The summed E-state index contributed by atoms with van der Waals surface area (Å²) < 4.78 is 36.3. The highest BCUT2D eigenvalue weighted by atomic mass is 19.3. The maximum atomic E-state index is 12.9. The van der Waals surface area contributed by atoms with Crippen LogP contribution in [0.25, 0.3) is 21.9 Å². The molecule has 152 valence electrons. The first-order valence-corrected chi connectivity index (χ1v) is 9.52. The summed E-state index contributed by atoms with van der Waals surface area (Å²) in [4.78, 5) is 22.9. The van der Waals surface area contributed by atoms with Crippen LogP contribution in [0.2, 0.25) is 0 Å². The lowest BCUT2D eigenvalue weighted by atomic mass is 9.93. The van der Waals surface area contributed by atoms with E-state index in [4.69, 9.17) is 4.42 Å². The molecule has 1 amide bonds. The number of ether oxygens (including phenoxy) is 1. The molecule has 3 aromatic heterocycles. The van der Waals surface area contributed by atoms with Crippen molar-refractivity contribution in [2.24, 2.45) is 0 Å². The van der Waals surface area contributed by atoms with Gasteiger partial charge in [0, 0.05) is 48.2 Å². The van der Waals surface area contributed by atoms with Crippen molar-refractivity contribution in [1.82, 2.24) is 14.9 Å². The molecule has 4 aromatic rings. The Morgan fingerprint density at radius 1 is 1.20 bits per heavy atom. The van der Waals surface area contributed by atoms with E-state index in [2.05, 4.69) is 14.7 Å². The molecule has 1 fully saturated rings. The van der Waals surface area contributed by atoms with Crippen LogP contribution in [-0.2, 0) is 11.3 Å². The lowest BCUT2D eigenvalue weighted by Gasteiger charge is -2.17. The van der Waals surface area contributed by atoms with Crippen molar-refractivity contribution >= 4 is 27.8 Å². The topological polar surface area (TPSA) is 68.5 Å². The molecule has 1 aliphatic rings. The van der Waals surface area contributed by atoms with Crippen molar-refractivity contribution < 1.29 is 22.7 Å². The molecule has 1 unspecified atom stereocenters. The van der Waals surface area contributed by atoms with E-state index in [9.17, 15) is 13.6 Å². The molecule has 1 aromatic carbocycles. The fourth-order valence-corrected chi connectivity index (χ4v) is 4.08. The third-order valence-electron chi connectivity index (χ3n) is 5.37. The molecule has 0 saturated carbocycles. The van der Waals surface area contributed by atoms with Crippen LogP contribution in [0.3, 0.4) is 0 Å². The Hall–Kier alpha value is -3.55. The number of hydrogen-bond donors (Lipinski definition) is 0. The number of alkyl halides is 2. The third kappa shape index (κ3) is 3.24. The van der Waals surface area contributed by atoms with Crippen molar-refractivity contribution in [3.05, 3.63) is 66.2 Å². The van der Waals surface area contributed by atoms with Gasteiger partial charge in [0.15, 0.2) is 11.3 Å². The molecule has 0 radical (unpaired) electrons.